The van der Waals surface area contributed by atoms with E-state index in [1.165, 1.54) is 12.8 Å². The Balaban J connectivity index is 1.83. The van der Waals surface area contributed by atoms with Gasteiger partial charge in [0.05, 0.1) is 0 Å². The molecule has 1 heterocycles. The Hall–Kier alpha value is -0.610. The zero-order valence-corrected chi connectivity index (χ0v) is 11.1. The second-order valence-corrected chi connectivity index (χ2v) is 6.18. The number of carbonyl (C=O) groups is 1. The molecule has 0 aromatic carbocycles. The SMILES string of the molecule is CC(C)(C)OC(=O)[C@H]1CN[C@@H](C2CC2)CCN1. The molecule has 0 bridgehead atoms. The van der Waals surface area contributed by atoms with E-state index in [1.807, 2.05) is 20.8 Å². The van der Waals surface area contributed by atoms with Gasteiger partial charge in [0.15, 0.2) is 0 Å². The van der Waals surface area contributed by atoms with E-state index in [0.717, 1.165) is 18.9 Å². The molecule has 2 N–H and O–H groups in total. The maximum absolute atomic E-state index is 11.9. The molecule has 0 aromatic heterocycles. The summed E-state index contributed by atoms with van der Waals surface area (Å²) in [5.74, 6) is 0.704. The molecule has 1 aliphatic heterocycles. The molecule has 98 valence electrons. The molecule has 1 saturated carbocycles. The first-order chi connectivity index (χ1) is 7.96. The molecule has 1 saturated heterocycles. The summed E-state index contributed by atoms with van der Waals surface area (Å²) in [6.07, 6.45) is 3.80. The van der Waals surface area contributed by atoms with Crippen molar-refractivity contribution in [1.82, 2.24) is 10.6 Å². The zero-order valence-electron chi connectivity index (χ0n) is 11.1. The Bertz CT molecular complexity index is 282. The van der Waals surface area contributed by atoms with Gasteiger partial charge < -0.3 is 15.4 Å². The molecule has 4 nitrogen and oxygen atoms in total. The second-order valence-electron chi connectivity index (χ2n) is 6.18. The number of hydrogen-bond acceptors (Lipinski definition) is 4. The molecule has 4 heteroatoms. The minimum absolute atomic E-state index is 0.138. The molecular formula is C13H24N2O2. The van der Waals surface area contributed by atoms with Crippen LogP contribution in [0, 0.1) is 5.92 Å². The van der Waals surface area contributed by atoms with E-state index in [1.54, 1.807) is 0 Å². The Kier molecular flexibility index (Phi) is 3.73. The maximum Gasteiger partial charge on any atom is 0.324 e. The minimum atomic E-state index is -0.402. The summed E-state index contributed by atoms with van der Waals surface area (Å²) in [7, 11) is 0. The Labute approximate surface area is 103 Å². The molecule has 0 unspecified atom stereocenters. The fraction of sp³-hybridized carbons (Fsp3) is 0.923. The molecular weight excluding hydrogens is 216 g/mol. The Morgan fingerprint density at radius 2 is 1.88 bits per heavy atom. The van der Waals surface area contributed by atoms with Gasteiger partial charge in [-0.05, 0) is 52.5 Å². The van der Waals surface area contributed by atoms with E-state index >= 15 is 0 Å². The highest BCUT2D eigenvalue weighted by Crippen LogP contribution is 2.34. The predicted octanol–water partition coefficient (Wildman–Crippen LogP) is 1.06. The lowest BCUT2D eigenvalue weighted by molar-refractivity contribution is -0.157. The average molecular weight is 240 g/mol. The van der Waals surface area contributed by atoms with Crippen LogP contribution in [0.3, 0.4) is 0 Å². The molecule has 2 atom stereocenters. The van der Waals surface area contributed by atoms with Crippen LogP contribution in [0.4, 0.5) is 0 Å². The number of rotatable bonds is 2. The first-order valence-corrected chi connectivity index (χ1v) is 6.65. The molecule has 0 aromatic rings. The topological polar surface area (TPSA) is 50.4 Å². The molecule has 2 rings (SSSR count). The summed E-state index contributed by atoms with van der Waals surface area (Å²) in [6, 6.07) is 0.396. The van der Waals surface area contributed by atoms with E-state index in [-0.39, 0.29) is 12.0 Å². The van der Waals surface area contributed by atoms with Gasteiger partial charge in [-0.1, -0.05) is 0 Å². The van der Waals surface area contributed by atoms with E-state index < -0.39 is 5.60 Å². The third-order valence-corrected chi connectivity index (χ3v) is 3.31. The molecule has 2 fully saturated rings. The molecule has 0 amide bonds. The largest absolute Gasteiger partial charge is 0.459 e. The number of esters is 1. The van der Waals surface area contributed by atoms with Crippen LogP contribution in [0.2, 0.25) is 0 Å². The number of ether oxygens (including phenoxy) is 1. The highest BCUT2D eigenvalue weighted by atomic mass is 16.6. The number of carbonyl (C=O) groups excluding carboxylic acids is 1. The maximum atomic E-state index is 11.9. The summed E-state index contributed by atoms with van der Waals surface area (Å²) in [4.78, 5) is 11.9. The van der Waals surface area contributed by atoms with Crippen LogP contribution in [-0.2, 0) is 9.53 Å². The Morgan fingerprint density at radius 3 is 2.47 bits per heavy atom. The van der Waals surface area contributed by atoms with Crippen molar-refractivity contribution >= 4 is 5.97 Å². The van der Waals surface area contributed by atoms with Crippen LogP contribution in [0.5, 0.6) is 0 Å². The molecule has 17 heavy (non-hydrogen) atoms. The first-order valence-electron chi connectivity index (χ1n) is 6.65. The van der Waals surface area contributed by atoms with Crippen molar-refractivity contribution in [3.05, 3.63) is 0 Å². The van der Waals surface area contributed by atoms with Gasteiger partial charge in [0.1, 0.15) is 11.6 Å². The van der Waals surface area contributed by atoms with Crippen LogP contribution in [-0.4, -0.2) is 36.7 Å². The number of hydrogen-bond donors (Lipinski definition) is 2. The predicted molar refractivity (Wildman–Crippen MR) is 66.8 cm³/mol. The van der Waals surface area contributed by atoms with Gasteiger partial charge in [0.2, 0.25) is 0 Å². The van der Waals surface area contributed by atoms with Gasteiger partial charge in [-0.2, -0.15) is 0 Å². The molecule has 0 radical (unpaired) electrons. The van der Waals surface area contributed by atoms with Crippen LogP contribution >= 0.6 is 0 Å². The van der Waals surface area contributed by atoms with Crippen molar-refractivity contribution in [2.75, 3.05) is 13.1 Å². The summed E-state index contributed by atoms with van der Waals surface area (Å²) in [5.41, 5.74) is -0.402. The van der Waals surface area contributed by atoms with Crippen LogP contribution in [0.1, 0.15) is 40.0 Å². The van der Waals surface area contributed by atoms with Crippen LogP contribution < -0.4 is 10.6 Å². The van der Waals surface area contributed by atoms with Crippen LogP contribution in [0.25, 0.3) is 0 Å². The van der Waals surface area contributed by atoms with Crippen molar-refractivity contribution < 1.29 is 9.53 Å². The van der Waals surface area contributed by atoms with Gasteiger partial charge in [0, 0.05) is 12.6 Å². The molecule has 1 aliphatic carbocycles. The van der Waals surface area contributed by atoms with Crippen molar-refractivity contribution in [2.45, 2.75) is 57.7 Å². The van der Waals surface area contributed by atoms with Crippen molar-refractivity contribution in [3.63, 3.8) is 0 Å². The highest BCUT2D eigenvalue weighted by molar-refractivity contribution is 5.76. The molecule has 2 aliphatic rings. The number of nitrogens with one attached hydrogen (secondary N) is 2. The van der Waals surface area contributed by atoms with Crippen molar-refractivity contribution in [2.24, 2.45) is 5.92 Å². The van der Waals surface area contributed by atoms with Gasteiger partial charge in [-0.3, -0.25) is 4.79 Å². The highest BCUT2D eigenvalue weighted by Gasteiger charge is 2.34. The third-order valence-electron chi connectivity index (χ3n) is 3.31. The Morgan fingerprint density at radius 1 is 1.18 bits per heavy atom. The van der Waals surface area contributed by atoms with Gasteiger partial charge in [-0.15, -0.1) is 0 Å². The lowest BCUT2D eigenvalue weighted by Gasteiger charge is -2.23. The lowest BCUT2D eigenvalue weighted by Crippen LogP contribution is -2.46. The average Bonchev–Trinajstić information content (AvgIpc) is 3.02. The zero-order chi connectivity index (χ0) is 12.5. The van der Waals surface area contributed by atoms with E-state index in [4.69, 9.17) is 4.74 Å². The smallest absolute Gasteiger partial charge is 0.324 e. The normalized spacial score (nSPS) is 30.8. The van der Waals surface area contributed by atoms with Gasteiger partial charge in [0.25, 0.3) is 0 Å². The summed E-state index contributed by atoms with van der Waals surface area (Å²) in [5, 5.41) is 6.78. The third kappa shape index (κ3) is 3.96. The standard InChI is InChI=1S/C13H24N2O2/c1-13(2,3)17-12(16)11-8-15-10(6-7-14-11)9-4-5-9/h9-11,14-15H,4-8H2,1-3H3/t10-,11-/m1/s1. The summed E-state index contributed by atoms with van der Waals surface area (Å²) < 4.78 is 5.40. The first kappa shape index (κ1) is 12.8. The van der Waals surface area contributed by atoms with Gasteiger partial charge >= 0.3 is 5.97 Å². The monoisotopic (exact) mass is 240 g/mol. The quantitative estimate of drug-likeness (QED) is 0.709. The summed E-state index contributed by atoms with van der Waals surface area (Å²) in [6.45, 7) is 7.31. The summed E-state index contributed by atoms with van der Waals surface area (Å²) >= 11 is 0. The van der Waals surface area contributed by atoms with Crippen LogP contribution in [0.15, 0.2) is 0 Å². The van der Waals surface area contributed by atoms with Gasteiger partial charge in [-0.25, -0.2) is 0 Å². The fourth-order valence-corrected chi connectivity index (χ4v) is 2.30. The lowest BCUT2D eigenvalue weighted by atomic mass is 10.1. The molecule has 0 spiro atoms. The fourth-order valence-electron chi connectivity index (χ4n) is 2.30. The van der Waals surface area contributed by atoms with E-state index in [0.29, 0.717) is 12.6 Å². The second kappa shape index (κ2) is 4.94. The van der Waals surface area contributed by atoms with E-state index in [9.17, 15) is 4.79 Å². The minimum Gasteiger partial charge on any atom is -0.459 e. The van der Waals surface area contributed by atoms with Crippen molar-refractivity contribution in [1.29, 1.82) is 0 Å². The van der Waals surface area contributed by atoms with Crippen molar-refractivity contribution in [3.8, 4) is 0 Å². The van der Waals surface area contributed by atoms with E-state index in [2.05, 4.69) is 10.6 Å².